The first kappa shape index (κ1) is 15.1. The number of rotatable bonds is 4. The maximum atomic E-state index is 13.0. The van der Waals surface area contributed by atoms with Crippen molar-refractivity contribution in [3.63, 3.8) is 0 Å². The van der Waals surface area contributed by atoms with Gasteiger partial charge in [-0.05, 0) is 23.8 Å². The van der Waals surface area contributed by atoms with E-state index in [1.54, 1.807) is 0 Å². The van der Waals surface area contributed by atoms with Gasteiger partial charge in [0.2, 0.25) is 0 Å². The predicted molar refractivity (Wildman–Crippen MR) is 74.6 cm³/mol. The van der Waals surface area contributed by atoms with Crippen molar-refractivity contribution in [2.24, 2.45) is 0 Å². The number of halogens is 2. The summed E-state index contributed by atoms with van der Waals surface area (Å²) in [6.07, 6.45) is 1.15. The smallest absolute Gasteiger partial charge is 0.270 e. The van der Waals surface area contributed by atoms with Gasteiger partial charge in [0.25, 0.3) is 5.91 Å². The SMILES string of the molecule is CC(=O)c1cc(C(=O)NCc2ccc(F)c(Cl)c2)ncn1. The third-order valence-electron chi connectivity index (χ3n) is 2.70. The van der Waals surface area contributed by atoms with E-state index in [9.17, 15) is 14.0 Å². The van der Waals surface area contributed by atoms with E-state index in [1.807, 2.05) is 0 Å². The van der Waals surface area contributed by atoms with Crippen molar-refractivity contribution in [3.05, 3.63) is 58.4 Å². The second kappa shape index (κ2) is 6.41. The van der Waals surface area contributed by atoms with Crippen LogP contribution in [0, 0.1) is 5.82 Å². The standard InChI is InChI=1S/C14H11ClFN3O2/c1-8(20)12-5-13(19-7-18-12)14(21)17-6-9-2-3-11(16)10(15)4-9/h2-5,7H,6H2,1H3,(H,17,21). The van der Waals surface area contributed by atoms with Gasteiger partial charge in [0.1, 0.15) is 23.5 Å². The van der Waals surface area contributed by atoms with E-state index in [2.05, 4.69) is 15.3 Å². The van der Waals surface area contributed by atoms with E-state index in [1.165, 1.54) is 31.2 Å². The van der Waals surface area contributed by atoms with Crippen molar-refractivity contribution >= 4 is 23.3 Å². The van der Waals surface area contributed by atoms with E-state index in [0.29, 0.717) is 5.56 Å². The molecule has 0 spiro atoms. The van der Waals surface area contributed by atoms with E-state index in [4.69, 9.17) is 11.6 Å². The minimum atomic E-state index is -0.520. The van der Waals surface area contributed by atoms with Crippen LogP contribution in [0.25, 0.3) is 0 Å². The molecule has 0 aliphatic rings. The highest BCUT2D eigenvalue weighted by atomic mass is 35.5. The Balaban J connectivity index is 2.06. The molecule has 0 atom stereocenters. The zero-order chi connectivity index (χ0) is 15.4. The third-order valence-corrected chi connectivity index (χ3v) is 2.99. The monoisotopic (exact) mass is 307 g/mol. The average Bonchev–Trinajstić information content (AvgIpc) is 2.48. The average molecular weight is 308 g/mol. The first-order valence-corrected chi connectivity index (χ1v) is 6.40. The number of carbonyl (C=O) groups is 2. The molecule has 0 aliphatic carbocycles. The van der Waals surface area contributed by atoms with Gasteiger partial charge in [-0.15, -0.1) is 0 Å². The van der Waals surface area contributed by atoms with Gasteiger partial charge in [-0.2, -0.15) is 0 Å². The van der Waals surface area contributed by atoms with Gasteiger partial charge >= 0.3 is 0 Å². The number of benzene rings is 1. The summed E-state index contributed by atoms with van der Waals surface area (Å²) >= 11 is 5.66. The summed E-state index contributed by atoms with van der Waals surface area (Å²) in [5.74, 6) is -1.23. The fraction of sp³-hybridized carbons (Fsp3) is 0.143. The van der Waals surface area contributed by atoms with Crippen LogP contribution in [0.1, 0.15) is 33.5 Å². The fourth-order valence-corrected chi connectivity index (χ4v) is 1.80. The molecule has 1 heterocycles. The predicted octanol–water partition coefficient (Wildman–Crippen LogP) is 2.40. The molecular weight excluding hydrogens is 297 g/mol. The van der Waals surface area contributed by atoms with Crippen LogP contribution in [0.4, 0.5) is 4.39 Å². The summed E-state index contributed by atoms with van der Waals surface area (Å²) in [5, 5.41) is 2.60. The second-order valence-corrected chi connectivity index (χ2v) is 4.68. The Bertz CT molecular complexity index is 706. The second-order valence-electron chi connectivity index (χ2n) is 4.28. The highest BCUT2D eigenvalue weighted by Crippen LogP contribution is 2.15. The van der Waals surface area contributed by atoms with Gasteiger partial charge in [0.05, 0.1) is 5.02 Å². The first-order chi connectivity index (χ1) is 9.97. The molecule has 0 saturated carbocycles. The van der Waals surface area contributed by atoms with Crippen molar-refractivity contribution in [1.82, 2.24) is 15.3 Å². The lowest BCUT2D eigenvalue weighted by atomic mass is 10.2. The summed E-state index contributed by atoms with van der Waals surface area (Å²) < 4.78 is 13.0. The summed E-state index contributed by atoms with van der Waals surface area (Å²) in [5.41, 5.74) is 0.902. The summed E-state index contributed by atoms with van der Waals surface area (Å²) in [6, 6.07) is 5.48. The molecule has 1 N–H and O–H groups in total. The molecule has 0 bridgehead atoms. The lowest BCUT2D eigenvalue weighted by Gasteiger charge is -2.06. The Morgan fingerprint density at radius 1 is 1.24 bits per heavy atom. The Kier molecular flexibility index (Phi) is 4.59. The number of carbonyl (C=O) groups excluding carboxylic acids is 2. The van der Waals surface area contributed by atoms with Crippen molar-refractivity contribution in [1.29, 1.82) is 0 Å². The molecule has 108 valence electrons. The van der Waals surface area contributed by atoms with Gasteiger partial charge < -0.3 is 5.32 Å². The Morgan fingerprint density at radius 3 is 2.62 bits per heavy atom. The molecule has 7 heteroatoms. The molecule has 1 aromatic carbocycles. The van der Waals surface area contributed by atoms with Crippen LogP contribution in [-0.4, -0.2) is 21.7 Å². The Hall–Kier alpha value is -2.34. The molecule has 2 aromatic rings. The normalized spacial score (nSPS) is 10.2. The highest BCUT2D eigenvalue weighted by Gasteiger charge is 2.11. The molecule has 0 radical (unpaired) electrons. The largest absolute Gasteiger partial charge is 0.347 e. The van der Waals surface area contributed by atoms with Gasteiger partial charge in [-0.1, -0.05) is 17.7 Å². The summed E-state index contributed by atoms with van der Waals surface area (Å²) in [4.78, 5) is 30.7. The van der Waals surface area contributed by atoms with Crippen LogP contribution in [0.3, 0.4) is 0 Å². The minimum absolute atomic E-state index is 0.0114. The van der Waals surface area contributed by atoms with Crippen LogP contribution >= 0.6 is 11.6 Å². The van der Waals surface area contributed by atoms with Gasteiger partial charge in [-0.3, -0.25) is 9.59 Å². The summed E-state index contributed by atoms with van der Waals surface area (Å²) in [6.45, 7) is 1.52. The minimum Gasteiger partial charge on any atom is -0.347 e. The van der Waals surface area contributed by atoms with Crippen molar-refractivity contribution in [2.75, 3.05) is 0 Å². The number of amides is 1. The van der Waals surface area contributed by atoms with E-state index in [0.717, 1.165) is 6.33 Å². The third kappa shape index (κ3) is 3.82. The molecule has 1 amide bonds. The van der Waals surface area contributed by atoms with Gasteiger partial charge in [0.15, 0.2) is 5.78 Å². The van der Waals surface area contributed by atoms with Gasteiger partial charge in [-0.25, -0.2) is 14.4 Å². The van der Waals surface area contributed by atoms with Crippen LogP contribution in [0.15, 0.2) is 30.6 Å². The molecule has 0 fully saturated rings. The molecule has 0 unspecified atom stereocenters. The highest BCUT2D eigenvalue weighted by molar-refractivity contribution is 6.30. The molecule has 0 aliphatic heterocycles. The molecule has 0 saturated heterocycles. The van der Waals surface area contributed by atoms with Crippen LogP contribution < -0.4 is 5.32 Å². The van der Waals surface area contributed by atoms with Crippen molar-refractivity contribution in [3.8, 4) is 0 Å². The molecule has 5 nitrogen and oxygen atoms in total. The maximum absolute atomic E-state index is 13.0. The maximum Gasteiger partial charge on any atom is 0.270 e. The van der Waals surface area contributed by atoms with Crippen molar-refractivity contribution < 1.29 is 14.0 Å². The molecule has 2 rings (SSSR count). The summed E-state index contributed by atoms with van der Waals surface area (Å²) in [7, 11) is 0. The number of hydrogen-bond donors (Lipinski definition) is 1. The topological polar surface area (TPSA) is 72.0 Å². The molecule has 1 aromatic heterocycles. The van der Waals surface area contributed by atoms with E-state index < -0.39 is 11.7 Å². The van der Waals surface area contributed by atoms with Crippen LogP contribution in [0.2, 0.25) is 5.02 Å². The zero-order valence-corrected chi connectivity index (χ0v) is 11.8. The number of ketones is 1. The quantitative estimate of drug-likeness (QED) is 0.880. The van der Waals surface area contributed by atoms with Crippen LogP contribution in [0.5, 0.6) is 0 Å². The van der Waals surface area contributed by atoms with Gasteiger partial charge in [0, 0.05) is 13.5 Å². The number of nitrogens with zero attached hydrogens (tertiary/aromatic N) is 2. The number of Topliss-reactive ketones (excluding diaryl/α,β-unsaturated/α-hetero) is 1. The number of nitrogens with one attached hydrogen (secondary N) is 1. The lowest BCUT2D eigenvalue weighted by Crippen LogP contribution is -2.24. The zero-order valence-electron chi connectivity index (χ0n) is 11.1. The number of hydrogen-bond acceptors (Lipinski definition) is 4. The van der Waals surface area contributed by atoms with Crippen molar-refractivity contribution in [2.45, 2.75) is 13.5 Å². The first-order valence-electron chi connectivity index (χ1n) is 6.02. The van der Waals surface area contributed by atoms with E-state index >= 15 is 0 Å². The van der Waals surface area contributed by atoms with Crippen LogP contribution in [-0.2, 0) is 6.54 Å². The Labute approximate surface area is 125 Å². The fourth-order valence-electron chi connectivity index (χ4n) is 1.60. The molecular formula is C14H11ClFN3O2. The molecule has 21 heavy (non-hydrogen) atoms. The Morgan fingerprint density at radius 2 is 1.95 bits per heavy atom. The number of aromatic nitrogens is 2. The van der Waals surface area contributed by atoms with E-state index in [-0.39, 0.29) is 28.7 Å². The lowest BCUT2D eigenvalue weighted by molar-refractivity contribution is 0.0945.